The van der Waals surface area contributed by atoms with Gasteiger partial charge >= 0.3 is 0 Å². The lowest BCUT2D eigenvalue weighted by Gasteiger charge is -2.15. The molecule has 142 valence electrons. The van der Waals surface area contributed by atoms with Crippen LogP contribution in [-0.2, 0) is 0 Å². The maximum atomic E-state index is 9.22. The lowest BCUT2D eigenvalue weighted by Crippen LogP contribution is -2.02. The van der Waals surface area contributed by atoms with Crippen LogP contribution in [-0.4, -0.2) is 31.3 Å². The summed E-state index contributed by atoms with van der Waals surface area (Å²) in [7, 11) is 4.65. The molecular formula is C20H19N5O3. The van der Waals surface area contributed by atoms with Gasteiger partial charge in [0, 0.05) is 24.0 Å². The van der Waals surface area contributed by atoms with Crippen LogP contribution in [0.5, 0.6) is 17.2 Å². The Morgan fingerprint density at radius 3 is 2.29 bits per heavy atom. The van der Waals surface area contributed by atoms with Gasteiger partial charge in [-0.1, -0.05) is 12.1 Å². The fraction of sp³-hybridized carbons (Fsp3) is 0.150. The number of para-hydroxylation sites is 1. The minimum atomic E-state index is 0.369. The second-order valence-electron chi connectivity index (χ2n) is 5.59. The highest BCUT2D eigenvalue weighted by molar-refractivity contribution is 5.67. The fourth-order valence-electron chi connectivity index (χ4n) is 2.60. The van der Waals surface area contributed by atoms with Crippen molar-refractivity contribution < 1.29 is 14.2 Å². The van der Waals surface area contributed by atoms with E-state index in [1.54, 1.807) is 57.9 Å². The fourth-order valence-corrected chi connectivity index (χ4v) is 2.60. The Morgan fingerprint density at radius 1 is 0.929 bits per heavy atom. The van der Waals surface area contributed by atoms with Crippen molar-refractivity contribution in [2.75, 3.05) is 32.0 Å². The lowest BCUT2D eigenvalue weighted by molar-refractivity contribution is 0.324. The van der Waals surface area contributed by atoms with E-state index < -0.39 is 0 Å². The van der Waals surface area contributed by atoms with Crippen LogP contribution in [0.3, 0.4) is 0 Å². The van der Waals surface area contributed by atoms with Gasteiger partial charge in [-0.3, -0.25) is 0 Å². The first kappa shape index (κ1) is 18.8. The number of ether oxygens (including phenoxy) is 3. The predicted molar refractivity (Wildman–Crippen MR) is 106 cm³/mol. The van der Waals surface area contributed by atoms with Crippen LogP contribution in [0, 0.1) is 11.3 Å². The quantitative estimate of drug-likeness (QED) is 0.640. The molecule has 8 heteroatoms. The van der Waals surface area contributed by atoms with Gasteiger partial charge in [-0.25, -0.2) is 4.98 Å². The van der Waals surface area contributed by atoms with E-state index in [2.05, 4.69) is 26.7 Å². The zero-order valence-electron chi connectivity index (χ0n) is 15.7. The largest absolute Gasteiger partial charge is 0.493 e. The second-order valence-corrected chi connectivity index (χ2v) is 5.59. The summed E-state index contributed by atoms with van der Waals surface area (Å²) in [4.78, 5) is 8.67. The molecule has 0 radical (unpaired) electrons. The molecule has 0 aliphatic carbocycles. The first-order valence-electron chi connectivity index (χ1n) is 8.34. The van der Waals surface area contributed by atoms with Crippen molar-refractivity contribution in [3.8, 4) is 23.3 Å². The number of aromatic nitrogens is 2. The number of anilines is 4. The minimum Gasteiger partial charge on any atom is -0.493 e. The summed E-state index contributed by atoms with van der Waals surface area (Å²) in [5, 5.41) is 15.5. The monoisotopic (exact) mass is 377 g/mol. The normalized spacial score (nSPS) is 9.93. The molecule has 1 aromatic heterocycles. The number of nitrogens with one attached hydrogen (secondary N) is 2. The molecule has 3 aromatic rings. The van der Waals surface area contributed by atoms with Crippen LogP contribution in [0.25, 0.3) is 0 Å². The van der Waals surface area contributed by atoms with Crippen LogP contribution in [0.1, 0.15) is 5.56 Å². The summed E-state index contributed by atoms with van der Waals surface area (Å²) in [6.07, 6.45) is 1.62. The molecule has 1 heterocycles. The number of rotatable bonds is 7. The Kier molecular flexibility index (Phi) is 5.77. The maximum absolute atomic E-state index is 9.22. The Hall–Kier alpha value is -3.99. The molecule has 0 aliphatic rings. The zero-order chi connectivity index (χ0) is 19.9. The molecule has 0 bridgehead atoms. The molecule has 0 saturated carbocycles. The number of hydrogen-bond donors (Lipinski definition) is 2. The third-order valence-electron chi connectivity index (χ3n) is 3.89. The molecule has 2 N–H and O–H groups in total. The molecule has 0 amide bonds. The highest BCUT2D eigenvalue weighted by Gasteiger charge is 2.14. The van der Waals surface area contributed by atoms with Gasteiger partial charge in [0.15, 0.2) is 11.5 Å². The van der Waals surface area contributed by atoms with Gasteiger partial charge in [0.05, 0.1) is 32.6 Å². The molecule has 0 aliphatic heterocycles. The summed E-state index contributed by atoms with van der Waals surface area (Å²) in [5.74, 6) is 2.45. The summed E-state index contributed by atoms with van der Waals surface area (Å²) in [5.41, 5.74) is 1.87. The van der Waals surface area contributed by atoms with Crippen molar-refractivity contribution in [3.63, 3.8) is 0 Å². The van der Waals surface area contributed by atoms with Crippen LogP contribution < -0.4 is 24.8 Å². The molecule has 8 nitrogen and oxygen atoms in total. The lowest BCUT2D eigenvalue weighted by atomic mass is 10.2. The van der Waals surface area contributed by atoms with E-state index in [-0.39, 0.29) is 0 Å². The number of hydrogen-bond acceptors (Lipinski definition) is 8. The minimum absolute atomic E-state index is 0.369. The van der Waals surface area contributed by atoms with E-state index in [1.807, 2.05) is 12.1 Å². The van der Waals surface area contributed by atoms with Crippen LogP contribution in [0.4, 0.5) is 23.1 Å². The smallest absolute Gasteiger partial charge is 0.229 e. The van der Waals surface area contributed by atoms with E-state index in [0.29, 0.717) is 46.0 Å². The summed E-state index contributed by atoms with van der Waals surface area (Å²) >= 11 is 0. The van der Waals surface area contributed by atoms with E-state index in [1.165, 1.54) is 0 Å². The SMILES string of the molecule is COc1cc(Nc2nccc(Nc3ccccc3C#N)n2)cc(OC)c1OC. The Bertz CT molecular complexity index is 992. The number of benzene rings is 2. The third-order valence-corrected chi connectivity index (χ3v) is 3.89. The van der Waals surface area contributed by atoms with Gasteiger partial charge in [-0.2, -0.15) is 10.2 Å². The second kappa shape index (κ2) is 8.60. The average molecular weight is 377 g/mol. The first-order valence-corrected chi connectivity index (χ1v) is 8.34. The first-order chi connectivity index (χ1) is 13.7. The summed E-state index contributed by atoms with van der Waals surface area (Å²) < 4.78 is 16.0. The van der Waals surface area contributed by atoms with E-state index >= 15 is 0 Å². The highest BCUT2D eigenvalue weighted by atomic mass is 16.5. The number of nitriles is 1. The van der Waals surface area contributed by atoms with Crippen molar-refractivity contribution in [1.82, 2.24) is 9.97 Å². The highest BCUT2D eigenvalue weighted by Crippen LogP contribution is 2.40. The number of methoxy groups -OCH3 is 3. The molecule has 28 heavy (non-hydrogen) atoms. The zero-order valence-corrected chi connectivity index (χ0v) is 15.7. The van der Waals surface area contributed by atoms with Crippen molar-refractivity contribution in [3.05, 3.63) is 54.2 Å². The molecule has 3 rings (SSSR count). The van der Waals surface area contributed by atoms with Crippen LogP contribution >= 0.6 is 0 Å². The Balaban J connectivity index is 1.86. The predicted octanol–water partition coefficient (Wildman–Crippen LogP) is 3.86. The van der Waals surface area contributed by atoms with Gasteiger partial charge in [0.25, 0.3) is 0 Å². The van der Waals surface area contributed by atoms with Crippen molar-refractivity contribution in [2.24, 2.45) is 0 Å². The van der Waals surface area contributed by atoms with E-state index in [9.17, 15) is 5.26 Å². The standard InChI is InChI=1S/C20H19N5O3/c1-26-16-10-14(11-17(27-2)19(16)28-3)23-20-22-9-8-18(25-20)24-15-7-5-4-6-13(15)12-21/h4-11H,1-3H3,(H2,22,23,24,25). The van der Waals surface area contributed by atoms with Crippen LogP contribution in [0.2, 0.25) is 0 Å². The van der Waals surface area contributed by atoms with Gasteiger partial charge < -0.3 is 24.8 Å². The van der Waals surface area contributed by atoms with Crippen molar-refractivity contribution in [2.45, 2.75) is 0 Å². The third kappa shape index (κ3) is 4.04. The molecular weight excluding hydrogens is 358 g/mol. The van der Waals surface area contributed by atoms with Crippen LogP contribution in [0.15, 0.2) is 48.7 Å². The molecule has 0 unspecified atom stereocenters. The molecule has 2 aromatic carbocycles. The van der Waals surface area contributed by atoms with E-state index in [4.69, 9.17) is 14.2 Å². The molecule has 0 saturated heterocycles. The van der Waals surface area contributed by atoms with Crippen molar-refractivity contribution >= 4 is 23.1 Å². The van der Waals surface area contributed by atoms with Crippen molar-refractivity contribution in [1.29, 1.82) is 5.26 Å². The number of nitrogens with zero attached hydrogens (tertiary/aromatic N) is 3. The summed E-state index contributed by atoms with van der Waals surface area (Å²) in [6.45, 7) is 0. The topological polar surface area (TPSA) is 101 Å². The summed E-state index contributed by atoms with van der Waals surface area (Å²) in [6, 6.07) is 14.6. The maximum Gasteiger partial charge on any atom is 0.229 e. The Labute approximate surface area is 162 Å². The average Bonchev–Trinajstić information content (AvgIpc) is 2.73. The Morgan fingerprint density at radius 2 is 1.64 bits per heavy atom. The van der Waals surface area contributed by atoms with Gasteiger partial charge in [-0.05, 0) is 18.2 Å². The molecule has 0 spiro atoms. The molecule has 0 fully saturated rings. The van der Waals surface area contributed by atoms with Gasteiger partial charge in [0.2, 0.25) is 11.7 Å². The van der Waals surface area contributed by atoms with Gasteiger partial charge in [-0.15, -0.1) is 0 Å². The van der Waals surface area contributed by atoms with E-state index in [0.717, 1.165) is 0 Å². The van der Waals surface area contributed by atoms with Gasteiger partial charge in [0.1, 0.15) is 11.9 Å². The molecule has 0 atom stereocenters.